The van der Waals surface area contributed by atoms with Crippen LogP contribution in [0.15, 0.2) is 35.7 Å². The number of hydrogen-bond acceptors (Lipinski definition) is 3. The average Bonchev–Trinajstić information content (AvgIpc) is 2.84. The van der Waals surface area contributed by atoms with Gasteiger partial charge in [-0.15, -0.1) is 0 Å². The summed E-state index contributed by atoms with van der Waals surface area (Å²) in [6.07, 6.45) is 4.39. The molecule has 1 unspecified atom stereocenters. The molecule has 0 spiro atoms. The molecule has 2 rings (SSSR count). The molecule has 0 fully saturated rings. The smallest absolute Gasteiger partial charge is 0.237 e. The van der Waals surface area contributed by atoms with E-state index in [1.165, 1.54) is 17.3 Å². The zero-order valence-electron chi connectivity index (χ0n) is 12.9. The number of benzene rings is 1. The molecule has 112 valence electrons. The number of hydrogen-bond donors (Lipinski definition) is 1. The monoisotopic (exact) mass is 303 g/mol. The van der Waals surface area contributed by atoms with E-state index >= 15 is 0 Å². The first kappa shape index (κ1) is 15.6. The van der Waals surface area contributed by atoms with Gasteiger partial charge in [0, 0.05) is 25.1 Å². The number of carbonyl (C=O) groups is 1. The largest absolute Gasteiger partial charge is 0.329 e. The van der Waals surface area contributed by atoms with E-state index in [-0.39, 0.29) is 11.2 Å². The molecular weight excluding hydrogens is 282 g/mol. The molecule has 1 amide bonds. The van der Waals surface area contributed by atoms with E-state index in [0.29, 0.717) is 0 Å². The number of carbonyl (C=O) groups excluding carboxylic acids is 1. The Kier molecular flexibility index (Phi) is 5.07. The molecule has 4 nitrogen and oxygen atoms in total. The highest BCUT2D eigenvalue weighted by atomic mass is 32.2. The van der Waals surface area contributed by atoms with E-state index < -0.39 is 0 Å². The van der Waals surface area contributed by atoms with E-state index in [9.17, 15) is 4.79 Å². The molecule has 0 bridgehead atoms. The number of nitrogens with one attached hydrogen (secondary N) is 1. The number of imidazole rings is 1. The Bertz CT molecular complexity index is 636. The molecule has 21 heavy (non-hydrogen) atoms. The summed E-state index contributed by atoms with van der Waals surface area (Å²) < 4.78 is 1.93. The number of aromatic nitrogens is 2. The highest BCUT2D eigenvalue weighted by molar-refractivity contribution is 8.00. The molecule has 0 saturated heterocycles. The van der Waals surface area contributed by atoms with Crippen LogP contribution in [0, 0.1) is 13.8 Å². The second-order valence-electron chi connectivity index (χ2n) is 5.14. The minimum absolute atomic E-state index is 0.0254. The summed E-state index contributed by atoms with van der Waals surface area (Å²) in [5, 5.41) is 3.74. The van der Waals surface area contributed by atoms with E-state index in [0.717, 1.165) is 22.8 Å². The van der Waals surface area contributed by atoms with Gasteiger partial charge in [-0.1, -0.05) is 36.4 Å². The van der Waals surface area contributed by atoms with Crippen LogP contribution in [-0.2, 0) is 11.8 Å². The maximum absolute atomic E-state index is 12.4. The lowest BCUT2D eigenvalue weighted by molar-refractivity contribution is -0.115. The zero-order valence-corrected chi connectivity index (χ0v) is 13.7. The number of nitrogens with zero attached hydrogens (tertiary/aromatic N) is 2. The second kappa shape index (κ2) is 6.80. The molecule has 5 heteroatoms. The van der Waals surface area contributed by atoms with Crippen molar-refractivity contribution in [2.24, 2.45) is 7.05 Å². The maximum atomic E-state index is 12.4. The Labute approximate surface area is 130 Å². The molecule has 1 aromatic carbocycles. The van der Waals surface area contributed by atoms with Crippen molar-refractivity contribution < 1.29 is 4.79 Å². The summed E-state index contributed by atoms with van der Waals surface area (Å²) >= 11 is 1.50. The third kappa shape index (κ3) is 3.88. The Balaban J connectivity index is 2.08. The van der Waals surface area contributed by atoms with E-state index in [2.05, 4.69) is 16.4 Å². The van der Waals surface area contributed by atoms with E-state index in [4.69, 9.17) is 0 Å². The molecule has 0 radical (unpaired) electrons. The van der Waals surface area contributed by atoms with Crippen LogP contribution in [0.1, 0.15) is 24.5 Å². The van der Waals surface area contributed by atoms with Gasteiger partial charge < -0.3 is 9.88 Å². The summed E-state index contributed by atoms with van der Waals surface area (Å²) in [6, 6.07) is 6.04. The van der Waals surface area contributed by atoms with Gasteiger partial charge in [0.1, 0.15) is 0 Å². The number of amides is 1. The topological polar surface area (TPSA) is 46.9 Å². The number of aryl methyl sites for hydroxylation is 3. The fourth-order valence-corrected chi connectivity index (χ4v) is 3.02. The van der Waals surface area contributed by atoms with Crippen molar-refractivity contribution in [2.75, 3.05) is 5.32 Å². The summed E-state index contributed by atoms with van der Waals surface area (Å²) in [5.41, 5.74) is 3.16. The first-order chi connectivity index (χ1) is 10.0. The van der Waals surface area contributed by atoms with Crippen LogP contribution >= 0.6 is 11.8 Å². The SMILES string of the molecule is CCC(Sc1nccn1C)C(=O)Nc1ccc(C)cc1C. The van der Waals surface area contributed by atoms with Crippen LogP contribution in [0.5, 0.6) is 0 Å². The summed E-state index contributed by atoms with van der Waals surface area (Å²) in [6.45, 7) is 6.07. The van der Waals surface area contributed by atoms with Crippen molar-refractivity contribution in [3.63, 3.8) is 0 Å². The van der Waals surface area contributed by atoms with Crippen LogP contribution in [0.2, 0.25) is 0 Å². The number of thioether (sulfide) groups is 1. The van der Waals surface area contributed by atoms with Crippen LogP contribution in [0.3, 0.4) is 0 Å². The fraction of sp³-hybridized carbons (Fsp3) is 0.375. The van der Waals surface area contributed by atoms with E-state index in [1.54, 1.807) is 6.20 Å². The lowest BCUT2D eigenvalue weighted by Gasteiger charge is -2.15. The molecule has 2 aromatic rings. The van der Waals surface area contributed by atoms with Gasteiger partial charge in [-0.3, -0.25) is 4.79 Å². The standard InChI is InChI=1S/C16H21N3OS/c1-5-14(21-16-17-8-9-19(16)4)15(20)18-13-7-6-11(2)10-12(13)3/h6-10,14H,5H2,1-4H3,(H,18,20). The molecule has 0 aliphatic carbocycles. The van der Waals surface area contributed by atoms with Crippen LogP contribution in [0.25, 0.3) is 0 Å². The van der Waals surface area contributed by atoms with Crippen molar-refractivity contribution in [2.45, 2.75) is 37.6 Å². The van der Waals surface area contributed by atoms with Crippen molar-refractivity contribution in [1.82, 2.24) is 9.55 Å². The molecule has 1 heterocycles. The lowest BCUT2D eigenvalue weighted by Crippen LogP contribution is -2.25. The molecule has 1 aromatic heterocycles. The van der Waals surface area contributed by atoms with Crippen molar-refractivity contribution in [3.8, 4) is 0 Å². The zero-order chi connectivity index (χ0) is 15.4. The normalized spacial score (nSPS) is 12.2. The van der Waals surface area contributed by atoms with Gasteiger partial charge in [-0.05, 0) is 31.9 Å². The van der Waals surface area contributed by atoms with Crippen molar-refractivity contribution in [3.05, 3.63) is 41.7 Å². The second-order valence-corrected chi connectivity index (χ2v) is 6.31. The Morgan fingerprint density at radius 2 is 2.19 bits per heavy atom. The lowest BCUT2D eigenvalue weighted by atomic mass is 10.1. The molecule has 0 aliphatic rings. The predicted octanol–water partition coefficient (Wildman–Crippen LogP) is 3.55. The molecule has 1 atom stereocenters. The minimum atomic E-state index is -0.146. The van der Waals surface area contributed by atoms with Gasteiger partial charge >= 0.3 is 0 Å². The summed E-state index contributed by atoms with van der Waals surface area (Å²) in [7, 11) is 1.93. The first-order valence-electron chi connectivity index (χ1n) is 7.03. The van der Waals surface area contributed by atoms with Gasteiger partial charge in [0.15, 0.2) is 5.16 Å². The van der Waals surface area contributed by atoms with Gasteiger partial charge in [0.2, 0.25) is 5.91 Å². The summed E-state index contributed by atoms with van der Waals surface area (Å²) in [5.74, 6) is 0.0254. The van der Waals surface area contributed by atoms with Gasteiger partial charge in [-0.2, -0.15) is 0 Å². The predicted molar refractivity (Wildman–Crippen MR) is 87.7 cm³/mol. The third-order valence-electron chi connectivity index (χ3n) is 3.33. The number of anilines is 1. The Morgan fingerprint density at radius 3 is 2.76 bits per heavy atom. The molecular formula is C16H21N3OS. The van der Waals surface area contributed by atoms with Crippen molar-refractivity contribution >= 4 is 23.4 Å². The van der Waals surface area contributed by atoms with Crippen LogP contribution < -0.4 is 5.32 Å². The summed E-state index contributed by atoms with van der Waals surface area (Å²) in [4.78, 5) is 16.7. The quantitative estimate of drug-likeness (QED) is 0.859. The molecule has 1 N–H and O–H groups in total. The van der Waals surface area contributed by atoms with Crippen molar-refractivity contribution in [1.29, 1.82) is 0 Å². The molecule has 0 saturated carbocycles. The maximum Gasteiger partial charge on any atom is 0.237 e. The highest BCUT2D eigenvalue weighted by Gasteiger charge is 2.20. The van der Waals surface area contributed by atoms with Crippen LogP contribution in [-0.4, -0.2) is 20.7 Å². The first-order valence-corrected chi connectivity index (χ1v) is 7.91. The van der Waals surface area contributed by atoms with Gasteiger partial charge in [0.05, 0.1) is 5.25 Å². The molecule has 0 aliphatic heterocycles. The third-order valence-corrected chi connectivity index (χ3v) is 4.76. The number of rotatable bonds is 5. The van der Waals surface area contributed by atoms with Crippen LogP contribution in [0.4, 0.5) is 5.69 Å². The van der Waals surface area contributed by atoms with E-state index in [1.807, 2.05) is 50.7 Å². The Hall–Kier alpha value is -1.75. The highest BCUT2D eigenvalue weighted by Crippen LogP contribution is 2.25. The fourth-order valence-electron chi connectivity index (χ4n) is 2.08. The van der Waals surface area contributed by atoms with Gasteiger partial charge in [-0.25, -0.2) is 4.98 Å². The average molecular weight is 303 g/mol. The Morgan fingerprint density at radius 1 is 1.43 bits per heavy atom. The minimum Gasteiger partial charge on any atom is -0.329 e. The van der Waals surface area contributed by atoms with Gasteiger partial charge in [0.25, 0.3) is 0 Å².